The van der Waals surface area contributed by atoms with Crippen molar-refractivity contribution in [2.24, 2.45) is 0 Å². The fourth-order valence-corrected chi connectivity index (χ4v) is 2.03. The summed E-state index contributed by atoms with van der Waals surface area (Å²) in [4.78, 5) is 13.6. The van der Waals surface area contributed by atoms with Crippen LogP contribution in [0.5, 0.6) is 0 Å². The number of benzene rings is 2. The van der Waals surface area contributed by atoms with Crippen molar-refractivity contribution in [1.29, 1.82) is 0 Å². The van der Waals surface area contributed by atoms with E-state index in [4.69, 9.17) is 0 Å². The van der Waals surface area contributed by atoms with Crippen molar-refractivity contribution in [3.8, 4) is 0 Å². The lowest BCUT2D eigenvalue weighted by Gasteiger charge is -2.17. The van der Waals surface area contributed by atoms with Gasteiger partial charge in [-0.05, 0) is 51.8 Å². The SMILES string of the molecule is CN(Cc1ccc(F)cc1)C(=O)c1ccc(Br)c(F)c1. The molecule has 0 radical (unpaired) electrons. The van der Waals surface area contributed by atoms with Gasteiger partial charge < -0.3 is 4.90 Å². The summed E-state index contributed by atoms with van der Waals surface area (Å²) in [6.45, 7) is 0.330. The van der Waals surface area contributed by atoms with Gasteiger partial charge in [-0.1, -0.05) is 12.1 Å². The lowest BCUT2D eigenvalue weighted by molar-refractivity contribution is 0.0784. The van der Waals surface area contributed by atoms with Gasteiger partial charge in [-0.15, -0.1) is 0 Å². The van der Waals surface area contributed by atoms with Crippen LogP contribution in [0.3, 0.4) is 0 Å². The molecule has 2 rings (SSSR count). The summed E-state index contributed by atoms with van der Waals surface area (Å²) in [6, 6.07) is 10.1. The molecule has 1 amide bonds. The Balaban J connectivity index is 2.11. The first-order valence-corrected chi connectivity index (χ1v) is 6.71. The molecule has 0 atom stereocenters. The topological polar surface area (TPSA) is 20.3 Å². The average Bonchev–Trinajstić information content (AvgIpc) is 2.43. The van der Waals surface area contributed by atoms with Gasteiger partial charge in [0.15, 0.2) is 0 Å². The van der Waals surface area contributed by atoms with Crippen LogP contribution >= 0.6 is 15.9 Å². The van der Waals surface area contributed by atoms with Gasteiger partial charge in [0.1, 0.15) is 11.6 Å². The highest BCUT2D eigenvalue weighted by atomic mass is 79.9. The molecule has 0 N–H and O–H groups in total. The number of hydrogen-bond donors (Lipinski definition) is 0. The van der Waals surface area contributed by atoms with Crippen LogP contribution < -0.4 is 0 Å². The molecule has 0 aliphatic rings. The summed E-state index contributed by atoms with van der Waals surface area (Å²) in [5.41, 5.74) is 1.08. The van der Waals surface area contributed by atoms with Gasteiger partial charge in [-0.25, -0.2) is 8.78 Å². The standard InChI is InChI=1S/C15H12BrF2NO/c1-19(9-10-2-5-12(17)6-3-10)15(20)11-4-7-13(16)14(18)8-11/h2-8H,9H2,1H3. The number of carbonyl (C=O) groups is 1. The lowest BCUT2D eigenvalue weighted by atomic mass is 10.1. The maximum Gasteiger partial charge on any atom is 0.253 e. The Morgan fingerprint density at radius 1 is 1.15 bits per heavy atom. The minimum atomic E-state index is -0.481. The Morgan fingerprint density at radius 2 is 1.80 bits per heavy atom. The van der Waals surface area contributed by atoms with Crippen LogP contribution in [-0.4, -0.2) is 17.9 Å². The zero-order valence-electron chi connectivity index (χ0n) is 10.7. The molecule has 0 heterocycles. The van der Waals surface area contributed by atoms with Crippen molar-refractivity contribution < 1.29 is 13.6 Å². The smallest absolute Gasteiger partial charge is 0.253 e. The predicted molar refractivity (Wildman–Crippen MR) is 76.3 cm³/mol. The first-order chi connectivity index (χ1) is 9.47. The Kier molecular flexibility index (Phi) is 4.49. The van der Waals surface area contributed by atoms with Crippen LogP contribution in [0.15, 0.2) is 46.9 Å². The summed E-state index contributed by atoms with van der Waals surface area (Å²) in [5.74, 6) is -1.09. The summed E-state index contributed by atoms with van der Waals surface area (Å²) < 4.78 is 26.5. The van der Waals surface area contributed by atoms with Crippen molar-refractivity contribution in [2.75, 3.05) is 7.05 Å². The van der Waals surface area contributed by atoms with Crippen LogP contribution in [0.25, 0.3) is 0 Å². The van der Waals surface area contributed by atoms with Crippen molar-refractivity contribution in [1.82, 2.24) is 4.90 Å². The van der Waals surface area contributed by atoms with Gasteiger partial charge in [-0.3, -0.25) is 4.79 Å². The van der Waals surface area contributed by atoms with Crippen molar-refractivity contribution in [3.63, 3.8) is 0 Å². The van der Waals surface area contributed by atoms with E-state index in [0.29, 0.717) is 11.0 Å². The van der Waals surface area contributed by atoms with Crippen LogP contribution in [-0.2, 0) is 6.54 Å². The Morgan fingerprint density at radius 3 is 2.40 bits per heavy atom. The van der Waals surface area contributed by atoms with Crippen molar-refractivity contribution >= 4 is 21.8 Å². The second kappa shape index (κ2) is 6.13. The Hall–Kier alpha value is -1.75. The fraction of sp³-hybridized carbons (Fsp3) is 0.133. The quantitative estimate of drug-likeness (QED) is 0.827. The third kappa shape index (κ3) is 3.42. The van der Waals surface area contributed by atoms with E-state index < -0.39 is 5.82 Å². The number of carbonyl (C=O) groups excluding carboxylic acids is 1. The first-order valence-electron chi connectivity index (χ1n) is 5.92. The first kappa shape index (κ1) is 14.7. The third-order valence-corrected chi connectivity index (χ3v) is 3.49. The highest BCUT2D eigenvalue weighted by Crippen LogP contribution is 2.18. The summed E-state index contributed by atoms with van der Waals surface area (Å²) in [6.07, 6.45) is 0. The number of halogens is 3. The predicted octanol–water partition coefficient (Wildman–Crippen LogP) is 4.00. The van der Waals surface area contributed by atoms with Crippen LogP contribution in [0.4, 0.5) is 8.78 Å². The lowest BCUT2D eigenvalue weighted by Crippen LogP contribution is -2.26. The zero-order valence-corrected chi connectivity index (χ0v) is 12.3. The van der Waals surface area contributed by atoms with Gasteiger partial charge in [0.25, 0.3) is 5.91 Å². The molecule has 0 aliphatic heterocycles. The van der Waals surface area contributed by atoms with Gasteiger partial charge >= 0.3 is 0 Å². The minimum absolute atomic E-state index is 0.273. The normalized spacial score (nSPS) is 10.4. The van der Waals surface area contributed by atoms with E-state index in [-0.39, 0.29) is 17.3 Å². The molecule has 0 aromatic heterocycles. The van der Waals surface area contributed by atoms with E-state index >= 15 is 0 Å². The minimum Gasteiger partial charge on any atom is -0.337 e. The monoisotopic (exact) mass is 339 g/mol. The van der Waals surface area contributed by atoms with Crippen LogP contribution in [0.2, 0.25) is 0 Å². The highest BCUT2D eigenvalue weighted by Gasteiger charge is 2.13. The van der Waals surface area contributed by atoms with Crippen LogP contribution in [0.1, 0.15) is 15.9 Å². The molecule has 2 aromatic carbocycles. The second-order valence-corrected chi connectivity index (χ2v) is 5.27. The largest absolute Gasteiger partial charge is 0.337 e. The molecule has 0 fully saturated rings. The van der Waals surface area contributed by atoms with Crippen molar-refractivity contribution in [3.05, 3.63) is 69.7 Å². The van der Waals surface area contributed by atoms with E-state index in [1.165, 1.54) is 29.2 Å². The number of amides is 1. The molecular formula is C15H12BrF2NO. The molecule has 2 nitrogen and oxygen atoms in total. The highest BCUT2D eigenvalue weighted by molar-refractivity contribution is 9.10. The van der Waals surface area contributed by atoms with E-state index in [1.807, 2.05) is 0 Å². The molecule has 5 heteroatoms. The molecule has 0 spiro atoms. The molecule has 0 bridgehead atoms. The molecule has 20 heavy (non-hydrogen) atoms. The van der Waals surface area contributed by atoms with E-state index in [1.54, 1.807) is 25.2 Å². The zero-order chi connectivity index (χ0) is 14.7. The average molecular weight is 340 g/mol. The van der Waals surface area contributed by atoms with E-state index in [9.17, 15) is 13.6 Å². The summed E-state index contributed by atoms with van der Waals surface area (Å²) in [7, 11) is 1.62. The number of hydrogen-bond acceptors (Lipinski definition) is 1. The second-order valence-electron chi connectivity index (χ2n) is 4.42. The number of rotatable bonds is 3. The van der Waals surface area contributed by atoms with E-state index in [2.05, 4.69) is 15.9 Å². The number of nitrogens with zero attached hydrogens (tertiary/aromatic N) is 1. The Bertz CT molecular complexity index is 628. The van der Waals surface area contributed by atoms with Crippen LogP contribution in [0, 0.1) is 11.6 Å². The molecule has 0 saturated carbocycles. The van der Waals surface area contributed by atoms with Gasteiger partial charge in [-0.2, -0.15) is 0 Å². The van der Waals surface area contributed by atoms with Crippen molar-refractivity contribution in [2.45, 2.75) is 6.54 Å². The molecule has 2 aromatic rings. The van der Waals surface area contributed by atoms with E-state index in [0.717, 1.165) is 5.56 Å². The molecule has 0 aliphatic carbocycles. The summed E-state index contributed by atoms with van der Waals surface area (Å²) in [5, 5.41) is 0. The van der Waals surface area contributed by atoms with Gasteiger partial charge in [0.2, 0.25) is 0 Å². The third-order valence-electron chi connectivity index (χ3n) is 2.85. The van der Waals surface area contributed by atoms with Gasteiger partial charge in [0, 0.05) is 19.2 Å². The summed E-state index contributed by atoms with van der Waals surface area (Å²) >= 11 is 3.04. The Labute approximate surface area is 124 Å². The molecule has 0 unspecified atom stereocenters. The molecule has 104 valence electrons. The maximum atomic E-state index is 13.4. The molecule has 0 saturated heterocycles. The van der Waals surface area contributed by atoms with Gasteiger partial charge in [0.05, 0.1) is 4.47 Å². The molecular weight excluding hydrogens is 328 g/mol. The maximum absolute atomic E-state index is 13.4. The fourth-order valence-electron chi connectivity index (χ4n) is 1.79.